The highest BCUT2D eigenvalue weighted by atomic mass is 35.5. The standard InChI is InChI=1S/C14H12ClN3S/c1-10-4-3-7-18-8-11(17-13(10)18)9-19-14-12(15)5-2-6-16-14/h2-8H,9H2,1H3. The van der Waals surface area contributed by atoms with Crippen molar-refractivity contribution in [1.82, 2.24) is 14.4 Å². The zero-order valence-corrected chi connectivity index (χ0v) is 11.9. The van der Waals surface area contributed by atoms with Crippen molar-refractivity contribution >= 4 is 29.0 Å². The van der Waals surface area contributed by atoms with E-state index in [2.05, 4.69) is 23.0 Å². The third-order valence-corrected chi connectivity index (χ3v) is 4.27. The monoisotopic (exact) mass is 289 g/mol. The second kappa shape index (κ2) is 5.23. The van der Waals surface area contributed by atoms with E-state index in [9.17, 15) is 0 Å². The van der Waals surface area contributed by atoms with E-state index in [0.717, 1.165) is 22.1 Å². The topological polar surface area (TPSA) is 30.2 Å². The number of nitrogens with zero attached hydrogens (tertiary/aromatic N) is 3. The number of imidazole rings is 1. The fraction of sp³-hybridized carbons (Fsp3) is 0.143. The van der Waals surface area contributed by atoms with Crippen LogP contribution in [-0.2, 0) is 5.75 Å². The minimum atomic E-state index is 0.687. The second-order valence-electron chi connectivity index (χ2n) is 4.23. The van der Waals surface area contributed by atoms with Crippen LogP contribution in [0, 0.1) is 6.92 Å². The summed E-state index contributed by atoms with van der Waals surface area (Å²) in [6.07, 6.45) is 5.81. The summed E-state index contributed by atoms with van der Waals surface area (Å²) in [5.41, 5.74) is 3.21. The lowest BCUT2D eigenvalue weighted by molar-refractivity contribution is 1.13. The Morgan fingerprint density at radius 2 is 2.21 bits per heavy atom. The molecule has 0 aliphatic rings. The molecule has 0 spiro atoms. The van der Waals surface area contributed by atoms with E-state index in [1.54, 1.807) is 18.0 Å². The number of thioether (sulfide) groups is 1. The van der Waals surface area contributed by atoms with Crippen LogP contribution in [0.3, 0.4) is 0 Å². The molecule has 0 aromatic carbocycles. The number of hydrogen-bond donors (Lipinski definition) is 0. The van der Waals surface area contributed by atoms with E-state index < -0.39 is 0 Å². The molecule has 3 aromatic heterocycles. The number of pyridine rings is 2. The van der Waals surface area contributed by atoms with Crippen LogP contribution in [0.4, 0.5) is 0 Å². The molecule has 3 nitrogen and oxygen atoms in total. The fourth-order valence-electron chi connectivity index (χ4n) is 1.89. The van der Waals surface area contributed by atoms with E-state index in [4.69, 9.17) is 11.6 Å². The van der Waals surface area contributed by atoms with Gasteiger partial charge in [0.15, 0.2) is 0 Å². The molecule has 0 bridgehead atoms. The molecule has 0 fully saturated rings. The first-order valence-corrected chi connectivity index (χ1v) is 7.27. The van der Waals surface area contributed by atoms with Crippen molar-refractivity contribution in [3.05, 3.63) is 59.1 Å². The van der Waals surface area contributed by atoms with Crippen LogP contribution < -0.4 is 0 Å². The molecule has 0 aliphatic heterocycles. The summed E-state index contributed by atoms with van der Waals surface area (Å²) in [5, 5.41) is 1.53. The van der Waals surface area contributed by atoms with E-state index in [0.29, 0.717) is 5.02 Å². The summed E-state index contributed by atoms with van der Waals surface area (Å²) in [6.45, 7) is 2.06. The van der Waals surface area contributed by atoms with Crippen molar-refractivity contribution in [3.8, 4) is 0 Å². The molecular formula is C14H12ClN3S. The summed E-state index contributed by atoms with van der Waals surface area (Å²) < 4.78 is 2.05. The summed E-state index contributed by atoms with van der Waals surface area (Å²) in [5.74, 6) is 0.762. The van der Waals surface area contributed by atoms with Gasteiger partial charge < -0.3 is 4.40 Å². The molecule has 0 atom stereocenters. The summed E-state index contributed by atoms with van der Waals surface area (Å²) in [7, 11) is 0. The van der Waals surface area contributed by atoms with Gasteiger partial charge in [0.25, 0.3) is 0 Å². The number of aromatic nitrogens is 3. The van der Waals surface area contributed by atoms with Crippen LogP contribution in [0.15, 0.2) is 47.9 Å². The minimum Gasteiger partial charge on any atom is -0.307 e. The molecule has 96 valence electrons. The molecule has 0 unspecified atom stereocenters. The first-order chi connectivity index (χ1) is 9.24. The quantitative estimate of drug-likeness (QED) is 0.683. The third kappa shape index (κ3) is 2.60. The Kier molecular flexibility index (Phi) is 3.44. The van der Waals surface area contributed by atoms with Crippen LogP contribution in [0.1, 0.15) is 11.3 Å². The molecule has 0 N–H and O–H groups in total. The summed E-state index contributed by atoms with van der Waals surface area (Å²) in [6, 6.07) is 7.77. The zero-order valence-electron chi connectivity index (χ0n) is 10.4. The predicted molar refractivity (Wildman–Crippen MR) is 78.7 cm³/mol. The van der Waals surface area contributed by atoms with E-state index in [-0.39, 0.29) is 0 Å². The Morgan fingerprint density at radius 3 is 3.00 bits per heavy atom. The highest BCUT2D eigenvalue weighted by Crippen LogP contribution is 2.27. The largest absolute Gasteiger partial charge is 0.307 e. The third-order valence-electron chi connectivity index (χ3n) is 2.81. The number of aryl methyl sites for hydroxylation is 1. The first-order valence-electron chi connectivity index (χ1n) is 5.90. The number of fused-ring (bicyclic) bond motifs is 1. The van der Waals surface area contributed by atoms with Crippen molar-refractivity contribution in [2.75, 3.05) is 0 Å². The van der Waals surface area contributed by atoms with Crippen LogP contribution >= 0.6 is 23.4 Å². The maximum Gasteiger partial charge on any atom is 0.139 e. The lowest BCUT2D eigenvalue weighted by Gasteiger charge is -1.99. The molecule has 3 aromatic rings. The van der Waals surface area contributed by atoms with Gasteiger partial charge in [-0.05, 0) is 30.7 Å². The molecule has 3 heterocycles. The molecule has 0 aliphatic carbocycles. The van der Waals surface area contributed by atoms with E-state index in [1.165, 1.54) is 5.56 Å². The van der Waals surface area contributed by atoms with Crippen molar-refractivity contribution in [3.63, 3.8) is 0 Å². The molecule has 19 heavy (non-hydrogen) atoms. The average molecular weight is 290 g/mol. The van der Waals surface area contributed by atoms with E-state index in [1.807, 2.05) is 35.0 Å². The molecule has 0 amide bonds. The maximum atomic E-state index is 6.09. The highest BCUT2D eigenvalue weighted by molar-refractivity contribution is 7.98. The van der Waals surface area contributed by atoms with Gasteiger partial charge in [0, 0.05) is 24.3 Å². The van der Waals surface area contributed by atoms with Gasteiger partial charge in [0.05, 0.1) is 10.7 Å². The van der Waals surface area contributed by atoms with Crippen LogP contribution in [0.25, 0.3) is 5.65 Å². The van der Waals surface area contributed by atoms with Gasteiger partial charge in [-0.1, -0.05) is 29.4 Å². The molecule has 3 rings (SSSR count). The fourth-order valence-corrected chi connectivity index (χ4v) is 2.94. The van der Waals surface area contributed by atoms with Gasteiger partial charge in [-0.15, -0.1) is 0 Å². The molecule has 0 radical (unpaired) electrons. The predicted octanol–water partition coefficient (Wildman–Crippen LogP) is 3.98. The van der Waals surface area contributed by atoms with Crippen LogP contribution in [0.2, 0.25) is 5.02 Å². The normalized spacial score (nSPS) is 11.1. The Balaban J connectivity index is 1.83. The van der Waals surface area contributed by atoms with Crippen molar-refractivity contribution in [2.24, 2.45) is 0 Å². The van der Waals surface area contributed by atoms with Crippen LogP contribution in [-0.4, -0.2) is 14.4 Å². The first kappa shape index (κ1) is 12.5. The Bertz CT molecular complexity index is 724. The van der Waals surface area contributed by atoms with Gasteiger partial charge in [0.2, 0.25) is 0 Å². The van der Waals surface area contributed by atoms with Gasteiger partial charge in [-0.2, -0.15) is 0 Å². The van der Waals surface area contributed by atoms with Gasteiger partial charge >= 0.3 is 0 Å². The van der Waals surface area contributed by atoms with Crippen molar-refractivity contribution in [1.29, 1.82) is 0 Å². The number of hydrogen-bond acceptors (Lipinski definition) is 3. The van der Waals surface area contributed by atoms with Gasteiger partial charge in [0.1, 0.15) is 10.7 Å². The SMILES string of the molecule is Cc1cccn2cc(CSc3ncccc3Cl)nc12. The summed E-state index contributed by atoms with van der Waals surface area (Å²) in [4.78, 5) is 8.89. The average Bonchev–Trinajstić information content (AvgIpc) is 2.82. The van der Waals surface area contributed by atoms with E-state index >= 15 is 0 Å². The van der Waals surface area contributed by atoms with Crippen molar-refractivity contribution < 1.29 is 0 Å². The Labute approximate surface area is 120 Å². The lowest BCUT2D eigenvalue weighted by atomic mass is 10.3. The molecule has 0 saturated heterocycles. The van der Waals surface area contributed by atoms with Gasteiger partial charge in [-0.3, -0.25) is 0 Å². The highest BCUT2D eigenvalue weighted by Gasteiger charge is 2.06. The molecule has 0 saturated carbocycles. The summed E-state index contributed by atoms with van der Waals surface area (Å²) >= 11 is 7.69. The zero-order chi connectivity index (χ0) is 13.2. The lowest BCUT2D eigenvalue weighted by Crippen LogP contribution is -1.84. The Morgan fingerprint density at radius 1 is 1.32 bits per heavy atom. The second-order valence-corrected chi connectivity index (χ2v) is 5.60. The minimum absolute atomic E-state index is 0.687. The number of halogens is 1. The number of rotatable bonds is 3. The molecule has 5 heteroatoms. The smallest absolute Gasteiger partial charge is 0.139 e. The Hall–Kier alpha value is -1.52. The molecular weight excluding hydrogens is 278 g/mol. The van der Waals surface area contributed by atoms with Crippen molar-refractivity contribution in [2.45, 2.75) is 17.7 Å². The van der Waals surface area contributed by atoms with Crippen LogP contribution in [0.5, 0.6) is 0 Å². The maximum absolute atomic E-state index is 6.09. The van der Waals surface area contributed by atoms with Gasteiger partial charge in [-0.25, -0.2) is 9.97 Å².